The van der Waals surface area contributed by atoms with Gasteiger partial charge in [-0.3, -0.25) is 10.00 Å². The van der Waals surface area contributed by atoms with Gasteiger partial charge in [0.15, 0.2) is 0 Å². The summed E-state index contributed by atoms with van der Waals surface area (Å²) in [4.78, 5) is 7.62. The van der Waals surface area contributed by atoms with Crippen LogP contribution in [0.4, 0.5) is 0 Å². The average molecular weight is 311 g/mol. The van der Waals surface area contributed by atoms with E-state index in [4.69, 9.17) is 5.10 Å². The Morgan fingerprint density at radius 2 is 2.17 bits per heavy atom. The highest BCUT2D eigenvalue weighted by atomic mass is 15.3. The normalized spacial score (nSPS) is 11.4. The number of fused-ring (bicyclic) bond motifs is 1. The first-order valence-corrected chi connectivity index (χ1v) is 8.35. The van der Waals surface area contributed by atoms with Crippen LogP contribution in [0.25, 0.3) is 11.0 Å². The second-order valence-corrected chi connectivity index (χ2v) is 6.05. The Morgan fingerprint density at radius 3 is 3.00 bits per heavy atom. The predicted octanol–water partition coefficient (Wildman–Crippen LogP) is 3.31. The minimum atomic E-state index is 0.780. The Balaban J connectivity index is 1.79. The molecule has 122 valence electrons. The van der Waals surface area contributed by atoms with E-state index < -0.39 is 0 Å². The molecule has 0 aromatic carbocycles. The zero-order chi connectivity index (χ0) is 16.2. The van der Waals surface area contributed by atoms with Gasteiger partial charge >= 0.3 is 0 Å². The molecule has 0 unspecified atom stereocenters. The molecule has 0 fully saturated rings. The molecule has 5 nitrogen and oxygen atoms in total. The molecule has 23 heavy (non-hydrogen) atoms. The summed E-state index contributed by atoms with van der Waals surface area (Å²) >= 11 is 0. The molecule has 5 heteroatoms. The van der Waals surface area contributed by atoms with Crippen molar-refractivity contribution < 1.29 is 0 Å². The minimum Gasteiger partial charge on any atom is -0.346 e. The number of aromatic nitrogens is 4. The smallest absolute Gasteiger partial charge is 0.137 e. The summed E-state index contributed by atoms with van der Waals surface area (Å²) in [7, 11) is 0. The lowest BCUT2D eigenvalue weighted by Crippen LogP contribution is -2.21. The van der Waals surface area contributed by atoms with E-state index in [0.29, 0.717) is 0 Å². The molecule has 3 rings (SSSR count). The second kappa shape index (κ2) is 6.96. The van der Waals surface area contributed by atoms with Gasteiger partial charge in [0.05, 0.1) is 12.4 Å². The second-order valence-electron chi connectivity index (χ2n) is 6.05. The maximum absolute atomic E-state index is 4.70. The number of nitrogens with zero attached hydrogens (tertiary/aromatic N) is 3. The molecule has 0 amide bonds. The zero-order valence-electron chi connectivity index (χ0n) is 14.2. The van der Waals surface area contributed by atoms with Crippen LogP contribution in [0.3, 0.4) is 0 Å². The van der Waals surface area contributed by atoms with Gasteiger partial charge in [-0.1, -0.05) is 13.3 Å². The first kappa shape index (κ1) is 15.7. The number of aryl methyl sites for hydroxylation is 1. The van der Waals surface area contributed by atoms with Gasteiger partial charge < -0.3 is 4.98 Å². The van der Waals surface area contributed by atoms with Gasteiger partial charge in [0, 0.05) is 35.5 Å². The first-order valence-electron chi connectivity index (χ1n) is 8.35. The molecule has 3 heterocycles. The van der Waals surface area contributed by atoms with Gasteiger partial charge in [-0.05, 0) is 44.5 Å². The third-order valence-corrected chi connectivity index (χ3v) is 4.40. The summed E-state index contributed by atoms with van der Waals surface area (Å²) in [6, 6.07) is 4.11. The number of unbranched alkanes of at least 4 members (excludes halogenated alkanes) is 1. The summed E-state index contributed by atoms with van der Waals surface area (Å²) in [5.41, 5.74) is 5.89. The van der Waals surface area contributed by atoms with E-state index in [-0.39, 0.29) is 0 Å². The van der Waals surface area contributed by atoms with E-state index in [1.165, 1.54) is 35.0 Å². The third kappa shape index (κ3) is 3.29. The topological polar surface area (TPSA) is 58.5 Å². The van der Waals surface area contributed by atoms with Crippen LogP contribution in [0.5, 0.6) is 0 Å². The third-order valence-electron chi connectivity index (χ3n) is 4.40. The van der Waals surface area contributed by atoms with E-state index in [1.807, 2.05) is 12.3 Å². The molecule has 0 saturated heterocycles. The molecular formula is C18H25N5. The number of rotatable bonds is 7. The number of hydrogen-bond donors (Lipinski definition) is 2. The van der Waals surface area contributed by atoms with Gasteiger partial charge in [-0.15, -0.1) is 0 Å². The van der Waals surface area contributed by atoms with E-state index >= 15 is 0 Å². The maximum atomic E-state index is 4.70. The molecule has 3 aromatic heterocycles. The van der Waals surface area contributed by atoms with Crippen LogP contribution in [-0.2, 0) is 13.1 Å². The number of hydrogen-bond acceptors (Lipinski definition) is 3. The van der Waals surface area contributed by atoms with E-state index in [9.17, 15) is 0 Å². The van der Waals surface area contributed by atoms with Gasteiger partial charge in [-0.25, -0.2) is 4.98 Å². The lowest BCUT2D eigenvalue weighted by molar-refractivity contribution is 0.492. The fourth-order valence-electron chi connectivity index (χ4n) is 2.98. The van der Waals surface area contributed by atoms with Gasteiger partial charge in [0.25, 0.3) is 0 Å². The van der Waals surface area contributed by atoms with Gasteiger partial charge in [0.1, 0.15) is 5.65 Å². The van der Waals surface area contributed by atoms with Crippen molar-refractivity contribution in [3.05, 3.63) is 47.0 Å². The van der Waals surface area contributed by atoms with Crippen LogP contribution >= 0.6 is 0 Å². The lowest BCUT2D eigenvalue weighted by Gasteiger charge is -2.07. The zero-order valence-corrected chi connectivity index (χ0v) is 14.2. The molecule has 0 spiro atoms. The molecule has 0 radical (unpaired) electrons. The van der Waals surface area contributed by atoms with Gasteiger partial charge in [-0.2, -0.15) is 5.10 Å². The quantitative estimate of drug-likeness (QED) is 0.658. The summed E-state index contributed by atoms with van der Waals surface area (Å²) in [6.07, 6.45) is 7.18. The van der Waals surface area contributed by atoms with E-state index in [1.54, 1.807) is 0 Å². The molecule has 0 bridgehead atoms. The van der Waals surface area contributed by atoms with Crippen LogP contribution in [0, 0.1) is 13.8 Å². The molecule has 0 aliphatic rings. The highest BCUT2D eigenvalue weighted by Crippen LogP contribution is 2.22. The summed E-state index contributed by atoms with van der Waals surface area (Å²) in [5, 5.41) is 9.35. The lowest BCUT2D eigenvalue weighted by atomic mass is 10.0. The SMILES string of the molecule is CCCCNCn1nc(C)c(Cc2c[nH]c3ncccc23)c1C. The van der Waals surface area contributed by atoms with E-state index in [2.05, 4.69) is 53.0 Å². The number of H-pyrrole nitrogens is 1. The Kier molecular flexibility index (Phi) is 4.76. The fourth-order valence-corrected chi connectivity index (χ4v) is 2.98. The summed E-state index contributed by atoms with van der Waals surface area (Å²) < 4.78 is 2.08. The Hall–Kier alpha value is -2.14. The van der Waals surface area contributed by atoms with Gasteiger partial charge in [0.2, 0.25) is 0 Å². The van der Waals surface area contributed by atoms with Crippen LogP contribution in [0.15, 0.2) is 24.5 Å². The maximum Gasteiger partial charge on any atom is 0.137 e. The Morgan fingerprint density at radius 1 is 1.30 bits per heavy atom. The van der Waals surface area contributed by atoms with Crippen molar-refractivity contribution in [1.29, 1.82) is 0 Å². The number of nitrogens with one attached hydrogen (secondary N) is 2. The fraction of sp³-hybridized carbons (Fsp3) is 0.444. The van der Waals surface area contributed by atoms with Crippen molar-refractivity contribution in [1.82, 2.24) is 25.1 Å². The van der Waals surface area contributed by atoms with E-state index in [0.717, 1.165) is 31.0 Å². The van der Waals surface area contributed by atoms with Crippen LogP contribution in [0.2, 0.25) is 0 Å². The molecule has 0 atom stereocenters. The minimum absolute atomic E-state index is 0.780. The predicted molar refractivity (Wildman–Crippen MR) is 93.5 cm³/mol. The Labute approximate surface area is 137 Å². The highest BCUT2D eigenvalue weighted by Gasteiger charge is 2.14. The van der Waals surface area contributed by atoms with Crippen LogP contribution in [-0.4, -0.2) is 26.3 Å². The molecule has 2 N–H and O–H groups in total. The molecule has 3 aromatic rings. The molecule has 0 aliphatic heterocycles. The summed E-state index contributed by atoms with van der Waals surface area (Å²) in [5.74, 6) is 0. The van der Waals surface area contributed by atoms with Crippen LogP contribution < -0.4 is 5.32 Å². The molecule has 0 saturated carbocycles. The van der Waals surface area contributed by atoms with Crippen LogP contribution in [0.1, 0.15) is 42.3 Å². The number of aromatic amines is 1. The van der Waals surface area contributed by atoms with Crippen molar-refractivity contribution >= 4 is 11.0 Å². The molecule has 0 aliphatic carbocycles. The number of pyridine rings is 1. The van der Waals surface area contributed by atoms with Crippen molar-refractivity contribution in [2.24, 2.45) is 0 Å². The highest BCUT2D eigenvalue weighted by molar-refractivity contribution is 5.79. The van der Waals surface area contributed by atoms with Crippen molar-refractivity contribution in [3.63, 3.8) is 0 Å². The largest absolute Gasteiger partial charge is 0.346 e. The van der Waals surface area contributed by atoms with Crippen molar-refractivity contribution in [2.45, 2.75) is 46.7 Å². The summed E-state index contributed by atoms with van der Waals surface area (Å²) in [6.45, 7) is 8.28. The van der Waals surface area contributed by atoms with Crippen molar-refractivity contribution in [3.8, 4) is 0 Å². The molecular weight excluding hydrogens is 286 g/mol. The average Bonchev–Trinajstić information content (AvgIpc) is 3.08. The monoisotopic (exact) mass is 311 g/mol. The Bertz CT molecular complexity index is 784. The van der Waals surface area contributed by atoms with Crippen molar-refractivity contribution in [2.75, 3.05) is 6.54 Å². The first-order chi connectivity index (χ1) is 11.2. The standard InChI is InChI=1S/C18H25N5/c1-4-5-8-19-12-23-14(3)17(13(2)22-23)10-15-11-21-18-16(15)7-6-9-20-18/h6-7,9,11,19H,4-5,8,10,12H2,1-3H3,(H,20,21).